The van der Waals surface area contributed by atoms with Gasteiger partial charge in [-0.3, -0.25) is 9.78 Å². The Morgan fingerprint density at radius 2 is 1.90 bits per heavy atom. The van der Waals surface area contributed by atoms with Gasteiger partial charge in [0.15, 0.2) is 23.3 Å². The number of amides is 1. The zero-order valence-electron chi connectivity index (χ0n) is 20.8. The van der Waals surface area contributed by atoms with E-state index in [4.69, 9.17) is 0 Å². The third kappa shape index (κ3) is 7.06. The summed E-state index contributed by atoms with van der Waals surface area (Å²) in [5.41, 5.74) is 1.15. The molecule has 0 bridgehead atoms. The van der Waals surface area contributed by atoms with Crippen molar-refractivity contribution in [3.05, 3.63) is 82.6 Å². The maximum absolute atomic E-state index is 13.4. The number of nitrogens with zero attached hydrogens (tertiary/aromatic N) is 6. The average Bonchev–Trinajstić information content (AvgIpc) is 3.40. The molecule has 1 saturated heterocycles. The second-order valence-electron chi connectivity index (χ2n) is 9.14. The first-order valence-corrected chi connectivity index (χ1v) is 13.2. The van der Waals surface area contributed by atoms with Crippen molar-refractivity contribution in [3.8, 4) is 0 Å². The number of aromatic nitrogens is 5. The average molecular weight is 553 g/mol. The molecule has 1 unspecified atom stereocenters. The maximum Gasteiger partial charge on any atom is 0.231 e. The molecule has 0 saturated carbocycles. The summed E-state index contributed by atoms with van der Waals surface area (Å²) in [4.78, 5) is 18.5. The summed E-state index contributed by atoms with van der Waals surface area (Å²) < 4.78 is 26.5. The van der Waals surface area contributed by atoms with E-state index >= 15 is 0 Å². The molecule has 3 aromatic heterocycles. The molecule has 0 radical (unpaired) electrons. The molecule has 4 heterocycles. The van der Waals surface area contributed by atoms with E-state index in [1.54, 1.807) is 24.4 Å². The summed E-state index contributed by atoms with van der Waals surface area (Å²) >= 11 is 1.37. The number of aliphatic hydroxyl groups excluding tert-OH is 1. The van der Waals surface area contributed by atoms with Crippen molar-refractivity contribution in [2.24, 2.45) is 0 Å². The number of carbonyl (C=O) groups is 1. The first kappa shape index (κ1) is 26.5. The fourth-order valence-electron chi connectivity index (χ4n) is 4.31. The van der Waals surface area contributed by atoms with E-state index in [2.05, 4.69) is 40.9 Å². The van der Waals surface area contributed by atoms with Gasteiger partial charge in [0.25, 0.3) is 0 Å². The summed E-state index contributed by atoms with van der Waals surface area (Å²) in [5.74, 6) is -0.748. The summed E-state index contributed by atoms with van der Waals surface area (Å²) in [6.07, 6.45) is 2.57. The van der Waals surface area contributed by atoms with Gasteiger partial charge in [-0.1, -0.05) is 23.5 Å². The van der Waals surface area contributed by atoms with Gasteiger partial charge in [0.05, 0.1) is 6.42 Å². The molecular formula is C26H26F2N8O2S. The standard InChI is InChI=1S/C26H26F2N8O2S/c27-19-5-4-16(13-20(19)28)14-23(37)31-26-35-34-25(39-26)17-8-11-36(12-9-17)22-7-6-21(32-33-22)30-24(38)15-18-3-1-2-10-29-18/h1-7,10,13,17,23,37H,8-9,11-12,14-15H2,(H,31,35)(H,30,32,38). The molecule has 5 rings (SSSR count). The van der Waals surface area contributed by atoms with Crippen molar-refractivity contribution < 1.29 is 18.7 Å². The Balaban J connectivity index is 1.09. The number of hydrogen-bond donors (Lipinski definition) is 3. The van der Waals surface area contributed by atoms with E-state index in [1.807, 2.05) is 12.1 Å². The highest BCUT2D eigenvalue weighted by atomic mass is 32.1. The molecule has 1 fully saturated rings. The number of hydrogen-bond acceptors (Lipinski definition) is 10. The first-order valence-electron chi connectivity index (χ1n) is 12.4. The number of rotatable bonds is 9. The van der Waals surface area contributed by atoms with Gasteiger partial charge in [-0.2, -0.15) is 0 Å². The second kappa shape index (κ2) is 12.2. The first-order chi connectivity index (χ1) is 18.9. The minimum absolute atomic E-state index is 0.0955. The quantitative estimate of drug-likeness (QED) is 0.267. The molecule has 1 amide bonds. The smallest absolute Gasteiger partial charge is 0.231 e. The Morgan fingerprint density at radius 1 is 1.05 bits per heavy atom. The molecule has 202 valence electrons. The number of carbonyl (C=O) groups excluding carboxylic acids is 1. The van der Waals surface area contributed by atoms with E-state index < -0.39 is 17.9 Å². The van der Waals surface area contributed by atoms with Crippen molar-refractivity contribution in [1.29, 1.82) is 0 Å². The van der Waals surface area contributed by atoms with Crippen LogP contribution in [-0.2, 0) is 17.6 Å². The fourth-order valence-corrected chi connectivity index (χ4v) is 5.27. The van der Waals surface area contributed by atoms with E-state index in [0.29, 0.717) is 22.2 Å². The Labute approximate surface area is 227 Å². The lowest BCUT2D eigenvalue weighted by Gasteiger charge is -2.31. The van der Waals surface area contributed by atoms with Gasteiger partial charge in [0, 0.05) is 37.3 Å². The summed E-state index contributed by atoms with van der Waals surface area (Å²) in [5, 5.41) is 34.1. The zero-order valence-corrected chi connectivity index (χ0v) is 21.6. The van der Waals surface area contributed by atoms with Crippen molar-refractivity contribution in [2.75, 3.05) is 28.6 Å². The monoisotopic (exact) mass is 552 g/mol. The van der Waals surface area contributed by atoms with Crippen LogP contribution in [0.2, 0.25) is 0 Å². The third-order valence-electron chi connectivity index (χ3n) is 6.30. The Kier molecular flexibility index (Phi) is 8.27. The molecule has 1 atom stereocenters. The summed E-state index contributed by atoms with van der Waals surface area (Å²) in [7, 11) is 0. The Bertz CT molecular complexity index is 1400. The molecule has 4 aromatic rings. The molecule has 1 aliphatic heterocycles. The number of aliphatic hydroxyl groups is 1. The Morgan fingerprint density at radius 3 is 2.62 bits per heavy atom. The van der Waals surface area contributed by atoms with Crippen LogP contribution in [0.3, 0.4) is 0 Å². The Hall–Kier alpha value is -4.10. The highest BCUT2D eigenvalue weighted by Crippen LogP contribution is 2.33. The largest absolute Gasteiger partial charge is 0.373 e. The number of benzene rings is 1. The van der Waals surface area contributed by atoms with Crippen LogP contribution in [0.25, 0.3) is 0 Å². The second-order valence-corrected chi connectivity index (χ2v) is 10.2. The summed E-state index contributed by atoms with van der Waals surface area (Å²) in [6, 6.07) is 12.5. The zero-order chi connectivity index (χ0) is 27.2. The van der Waals surface area contributed by atoms with Crippen LogP contribution in [0, 0.1) is 11.6 Å². The number of piperidine rings is 1. The molecular weight excluding hydrogens is 526 g/mol. The highest BCUT2D eigenvalue weighted by molar-refractivity contribution is 7.15. The predicted octanol–water partition coefficient (Wildman–Crippen LogP) is 3.54. The van der Waals surface area contributed by atoms with Crippen LogP contribution in [-0.4, -0.2) is 55.7 Å². The van der Waals surface area contributed by atoms with Gasteiger partial charge < -0.3 is 20.6 Å². The SMILES string of the molecule is O=C(Cc1ccccn1)Nc1ccc(N2CCC(c3nnc(NC(O)Cc4ccc(F)c(F)c4)s3)CC2)nn1. The van der Waals surface area contributed by atoms with Gasteiger partial charge in [0.2, 0.25) is 11.0 Å². The molecule has 39 heavy (non-hydrogen) atoms. The van der Waals surface area contributed by atoms with Crippen molar-refractivity contribution in [3.63, 3.8) is 0 Å². The van der Waals surface area contributed by atoms with Crippen LogP contribution in [0.15, 0.2) is 54.7 Å². The predicted molar refractivity (Wildman–Crippen MR) is 142 cm³/mol. The van der Waals surface area contributed by atoms with E-state index in [1.165, 1.54) is 17.4 Å². The van der Waals surface area contributed by atoms with Crippen molar-refractivity contribution >= 4 is 34.0 Å². The lowest BCUT2D eigenvalue weighted by Crippen LogP contribution is -2.33. The number of nitrogens with one attached hydrogen (secondary N) is 2. The third-order valence-corrected chi connectivity index (χ3v) is 7.31. The van der Waals surface area contributed by atoms with Crippen LogP contribution < -0.4 is 15.5 Å². The van der Waals surface area contributed by atoms with Gasteiger partial charge in [0.1, 0.15) is 11.2 Å². The van der Waals surface area contributed by atoms with E-state index in [0.717, 1.165) is 48.9 Å². The number of pyridine rings is 1. The molecule has 10 nitrogen and oxygen atoms in total. The van der Waals surface area contributed by atoms with Gasteiger partial charge in [-0.15, -0.1) is 20.4 Å². The lowest BCUT2D eigenvalue weighted by molar-refractivity contribution is -0.115. The normalized spacial score (nSPS) is 14.7. The molecule has 13 heteroatoms. The molecule has 1 aliphatic rings. The van der Waals surface area contributed by atoms with Crippen LogP contribution in [0.1, 0.15) is 35.0 Å². The lowest BCUT2D eigenvalue weighted by atomic mass is 9.98. The van der Waals surface area contributed by atoms with E-state index in [-0.39, 0.29) is 24.7 Å². The fraction of sp³-hybridized carbons (Fsp3) is 0.308. The topological polar surface area (TPSA) is 129 Å². The van der Waals surface area contributed by atoms with Crippen molar-refractivity contribution in [2.45, 2.75) is 37.8 Å². The minimum Gasteiger partial charge on any atom is -0.373 e. The number of halogens is 2. The summed E-state index contributed by atoms with van der Waals surface area (Å²) in [6.45, 7) is 1.51. The van der Waals surface area contributed by atoms with Gasteiger partial charge in [-0.25, -0.2) is 8.78 Å². The molecule has 3 N–H and O–H groups in total. The molecule has 0 aliphatic carbocycles. The highest BCUT2D eigenvalue weighted by Gasteiger charge is 2.25. The van der Waals surface area contributed by atoms with Gasteiger partial charge >= 0.3 is 0 Å². The van der Waals surface area contributed by atoms with Gasteiger partial charge in [-0.05, 0) is 54.8 Å². The van der Waals surface area contributed by atoms with E-state index in [9.17, 15) is 18.7 Å². The number of anilines is 3. The molecule has 0 spiro atoms. The molecule has 1 aromatic carbocycles. The maximum atomic E-state index is 13.4. The van der Waals surface area contributed by atoms with Crippen LogP contribution in [0.4, 0.5) is 25.5 Å². The van der Waals surface area contributed by atoms with Crippen molar-refractivity contribution in [1.82, 2.24) is 25.4 Å². The van der Waals surface area contributed by atoms with Crippen LogP contribution in [0.5, 0.6) is 0 Å². The van der Waals surface area contributed by atoms with Crippen LogP contribution >= 0.6 is 11.3 Å². The minimum atomic E-state index is -1.01.